The molecular formula is C11H11BrN4O. The maximum absolute atomic E-state index is 11.2. The van der Waals surface area contributed by atoms with Crippen LogP contribution < -0.4 is 11.5 Å². The molecule has 0 fully saturated rings. The van der Waals surface area contributed by atoms with Crippen molar-refractivity contribution in [3.05, 3.63) is 27.5 Å². The molecule has 0 unspecified atom stereocenters. The fourth-order valence-electron chi connectivity index (χ4n) is 1.55. The number of amides is 1. The number of anilines is 1. The number of halogens is 1. The number of carbonyl (C=O) groups excluding carboxylic acids is 1. The summed E-state index contributed by atoms with van der Waals surface area (Å²) in [5.41, 5.74) is 14.5. The van der Waals surface area contributed by atoms with E-state index < -0.39 is 5.91 Å². The molecule has 0 aliphatic rings. The Bertz CT molecular complexity index is 639. The van der Waals surface area contributed by atoms with Gasteiger partial charge in [-0.15, -0.1) is 0 Å². The lowest BCUT2D eigenvalue weighted by molar-refractivity contribution is 0.100. The van der Waals surface area contributed by atoms with Crippen LogP contribution in [-0.4, -0.2) is 15.9 Å². The molecular weight excluding hydrogens is 284 g/mol. The minimum Gasteiger partial charge on any atom is -0.397 e. The molecule has 88 valence electrons. The van der Waals surface area contributed by atoms with Crippen molar-refractivity contribution < 1.29 is 4.79 Å². The molecule has 0 bridgehead atoms. The van der Waals surface area contributed by atoms with Gasteiger partial charge in [0.15, 0.2) is 0 Å². The van der Waals surface area contributed by atoms with Crippen molar-refractivity contribution in [3.63, 3.8) is 0 Å². The quantitative estimate of drug-likeness (QED) is 0.783. The lowest BCUT2D eigenvalue weighted by Crippen LogP contribution is -2.14. The van der Waals surface area contributed by atoms with E-state index in [1.807, 2.05) is 13.8 Å². The van der Waals surface area contributed by atoms with Crippen LogP contribution in [0.4, 0.5) is 5.69 Å². The smallest absolute Gasteiger partial charge is 0.250 e. The second-order valence-corrected chi connectivity index (χ2v) is 4.57. The van der Waals surface area contributed by atoms with E-state index in [4.69, 9.17) is 11.5 Å². The lowest BCUT2D eigenvalue weighted by Gasteiger charge is -2.09. The molecule has 1 aromatic heterocycles. The number of nitrogen functional groups attached to an aromatic ring is 1. The zero-order valence-corrected chi connectivity index (χ0v) is 11.0. The maximum atomic E-state index is 11.2. The summed E-state index contributed by atoms with van der Waals surface area (Å²) in [6, 6.07) is 1.57. The van der Waals surface area contributed by atoms with Crippen molar-refractivity contribution in [2.24, 2.45) is 5.73 Å². The van der Waals surface area contributed by atoms with Crippen molar-refractivity contribution in [1.29, 1.82) is 0 Å². The predicted octanol–water partition coefficient (Wildman–Crippen LogP) is 1.69. The van der Waals surface area contributed by atoms with Crippen molar-refractivity contribution in [3.8, 4) is 0 Å². The Labute approximate surface area is 106 Å². The van der Waals surface area contributed by atoms with Gasteiger partial charge in [-0.1, -0.05) is 0 Å². The predicted molar refractivity (Wildman–Crippen MR) is 69.6 cm³/mol. The van der Waals surface area contributed by atoms with Gasteiger partial charge in [-0.2, -0.15) is 0 Å². The molecule has 1 aromatic carbocycles. The molecule has 1 heterocycles. The summed E-state index contributed by atoms with van der Waals surface area (Å²) >= 11 is 3.32. The van der Waals surface area contributed by atoms with Crippen molar-refractivity contribution in [2.45, 2.75) is 13.8 Å². The number of nitrogens with zero attached hydrogens (tertiary/aromatic N) is 2. The van der Waals surface area contributed by atoms with Crippen LogP contribution in [-0.2, 0) is 0 Å². The Morgan fingerprint density at radius 3 is 2.47 bits per heavy atom. The van der Waals surface area contributed by atoms with Gasteiger partial charge in [0.05, 0.1) is 32.6 Å². The van der Waals surface area contributed by atoms with Gasteiger partial charge in [0.25, 0.3) is 5.91 Å². The van der Waals surface area contributed by atoms with Crippen molar-refractivity contribution in [2.75, 3.05) is 5.73 Å². The van der Waals surface area contributed by atoms with Gasteiger partial charge >= 0.3 is 0 Å². The lowest BCUT2D eigenvalue weighted by atomic mass is 10.1. The number of fused-ring (bicyclic) bond motifs is 1. The Morgan fingerprint density at radius 2 is 1.88 bits per heavy atom. The minimum absolute atomic E-state index is 0.252. The zero-order chi connectivity index (χ0) is 12.7. The van der Waals surface area contributed by atoms with E-state index in [2.05, 4.69) is 25.9 Å². The van der Waals surface area contributed by atoms with E-state index in [1.54, 1.807) is 6.07 Å². The fraction of sp³-hybridized carbons (Fsp3) is 0.182. The first-order chi connectivity index (χ1) is 7.91. The number of hydrogen-bond donors (Lipinski definition) is 2. The first-order valence-electron chi connectivity index (χ1n) is 4.94. The van der Waals surface area contributed by atoms with Crippen LogP contribution in [0.2, 0.25) is 0 Å². The van der Waals surface area contributed by atoms with Crippen molar-refractivity contribution >= 4 is 38.6 Å². The van der Waals surface area contributed by atoms with E-state index in [0.717, 1.165) is 11.4 Å². The molecule has 2 rings (SSSR count). The molecule has 2 aromatic rings. The molecule has 0 saturated carbocycles. The molecule has 1 amide bonds. The number of nitrogens with two attached hydrogens (primary N) is 2. The third-order valence-corrected chi connectivity index (χ3v) is 3.42. The Hall–Kier alpha value is -1.69. The van der Waals surface area contributed by atoms with Crippen LogP contribution in [0.3, 0.4) is 0 Å². The highest BCUT2D eigenvalue weighted by Crippen LogP contribution is 2.31. The molecule has 0 aliphatic heterocycles. The fourth-order valence-corrected chi connectivity index (χ4v) is 2.05. The summed E-state index contributed by atoms with van der Waals surface area (Å²) in [7, 11) is 0. The van der Waals surface area contributed by atoms with Crippen LogP contribution in [0.1, 0.15) is 21.7 Å². The molecule has 0 aliphatic carbocycles. The second kappa shape index (κ2) is 3.96. The molecule has 4 N–H and O–H groups in total. The summed E-state index contributed by atoms with van der Waals surface area (Å²) in [5.74, 6) is -0.579. The van der Waals surface area contributed by atoms with Gasteiger partial charge in [0.2, 0.25) is 0 Å². The number of benzene rings is 1. The number of primary amides is 1. The molecule has 6 heteroatoms. The van der Waals surface area contributed by atoms with E-state index in [0.29, 0.717) is 21.2 Å². The highest BCUT2D eigenvalue weighted by molar-refractivity contribution is 9.10. The van der Waals surface area contributed by atoms with Gasteiger partial charge in [-0.25, -0.2) is 9.97 Å². The van der Waals surface area contributed by atoms with Crippen LogP contribution in [0.5, 0.6) is 0 Å². The monoisotopic (exact) mass is 294 g/mol. The minimum atomic E-state index is -0.579. The summed E-state index contributed by atoms with van der Waals surface area (Å²) in [5, 5.41) is 0. The van der Waals surface area contributed by atoms with E-state index >= 15 is 0 Å². The number of aromatic nitrogens is 2. The summed E-state index contributed by atoms with van der Waals surface area (Å²) in [4.78, 5) is 20.0. The largest absolute Gasteiger partial charge is 0.397 e. The van der Waals surface area contributed by atoms with E-state index in [9.17, 15) is 4.79 Å². The van der Waals surface area contributed by atoms with Gasteiger partial charge < -0.3 is 11.5 Å². The molecule has 0 spiro atoms. The molecule has 17 heavy (non-hydrogen) atoms. The molecule has 0 atom stereocenters. The summed E-state index contributed by atoms with van der Waals surface area (Å²) < 4.78 is 0.555. The topological polar surface area (TPSA) is 94.9 Å². The molecule has 5 nitrogen and oxygen atoms in total. The highest BCUT2D eigenvalue weighted by atomic mass is 79.9. The second-order valence-electron chi connectivity index (χ2n) is 3.78. The van der Waals surface area contributed by atoms with Gasteiger partial charge in [-0.3, -0.25) is 4.79 Å². The average molecular weight is 295 g/mol. The van der Waals surface area contributed by atoms with Gasteiger partial charge in [-0.05, 0) is 35.8 Å². The molecule has 0 radical (unpaired) electrons. The first kappa shape index (κ1) is 11.8. The Morgan fingerprint density at radius 1 is 1.29 bits per heavy atom. The summed E-state index contributed by atoms with van der Waals surface area (Å²) in [6.07, 6.45) is 0. The summed E-state index contributed by atoms with van der Waals surface area (Å²) in [6.45, 7) is 3.72. The SMILES string of the molecule is Cc1nc2cc(C(N)=O)c(N)c(Br)c2nc1C. The van der Waals surface area contributed by atoms with Crippen LogP contribution in [0.25, 0.3) is 11.0 Å². The van der Waals surface area contributed by atoms with Crippen LogP contribution in [0, 0.1) is 13.8 Å². The van der Waals surface area contributed by atoms with Gasteiger partial charge in [0, 0.05) is 0 Å². The third-order valence-electron chi connectivity index (χ3n) is 2.61. The van der Waals surface area contributed by atoms with Gasteiger partial charge in [0.1, 0.15) is 5.52 Å². The Kier molecular flexibility index (Phi) is 2.74. The van der Waals surface area contributed by atoms with E-state index in [1.165, 1.54) is 0 Å². The number of hydrogen-bond acceptors (Lipinski definition) is 4. The maximum Gasteiger partial charge on any atom is 0.250 e. The zero-order valence-electron chi connectivity index (χ0n) is 9.41. The molecule has 0 saturated heterocycles. The highest BCUT2D eigenvalue weighted by Gasteiger charge is 2.15. The normalized spacial score (nSPS) is 10.8. The Balaban J connectivity index is 2.91. The van der Waals surface area contributed by atoms with E-state index in [-0.39, 0.29) is 5.56 Å². The average Bonchev–Trinajstić information content (AvgIpc) is 2.26. The van der Waals surface area contributed by atoms with Crippen molar-refractivity contribution in [1.82, 2.24) is 9.97 Å². The number of carbonyl (C=O) groups is 1. The first-order valence-corrected chi connectivity index (χ1v) is 5.74. The van der Waals surface area contributed by atoms with Crippen LogP contribution in [0.15, 0.2) is 10.5 Å². The number of rotatable bonds is 1. The third kappa shape index (κ3) is 1.84. The van der Waals surface area contributed by atoms with Crippen LogP contribution >= 0.6 is 15.9 Å². The number of aryl methyl sites for hydroxylation is 2. The standard InChI is InChI=1S/C11H11BrN4O/c1-4-5(2)16-10-7(15-4)3-6(11(14)17)9(13)8(10)12/h3H,13H2,1-2H3,(H2,14,17).